The Morgan fingerprint density at radius 2 is 2.03 bits per heavy atom. The molecule has 1 saturated heterocycles. The highest BCUT2D eigenvalue weighted by Crippen LogP contribution is 2.23. The van der Waals surface area contributed by atoms with Crippen LogP contribution in [0.15, 0.2) is 36.8 Å². The largest absolute Gasteiger partial charge is 0.447 e. The molecule has 3 heterocycles. The van der Waals surface area contributed by atoms with E-state index < -0.39 is 6.09 Å². The van der Waals surface area contributed by atoms with Gasteiger partial charge in [0.15, 0.2) is 0 Å². The Bertz CT molecular complexity index is 1070. The first-order chi connectivity index (χ1) is 14.9. The Morgan fingerprint density at radius 3 is 2.77 bits per heavy atom. The van der Waals surface area contributed by atoms with Crippen LogP contribution in [-0.4, -0.2) is 43.2 Å². The summed E-state index contributed by atoms with van der Waals surface area (Å²) in [6.45, 7) is 6.78. The number of hydrogen-bond donors (Lipinski definition) is 1. The quantitative estimate of drug-likeness (QED) is 0.591. The number of ether oxygens (including phenoxy) is 1. The maximum absolute atomic E-state index is 12.1. The Morgan fingerprint density at radius 1 is 1.26 bits per heavy atom. The van der Waals surface area contributed by atoms with E-state index in [1.807, 2.05) is 48.9 Å². The van der Waals surface area contributed by atoms with Gasteiger partial charge in [0, 0.05) is 17.8 Å². The molecule has 1 aliphatic rings. The highest BCUT2D eigenvalue weighted by atomic mass is 35.5. The van der Waals surface area contributed by atoms with Crippen molar-refractivity contribution in [3.8, 4) is 0 Å². The van der Waals surface area contributed by atoms with Crippen molar-refractivity contribution in [3.05, 3.63) is 58.9 Å². The van der Waals surface area contributed by atoms with Gasteiger partial charge in [0.05, 0.1) is 24.1 Å². The van der Waals surface area contributed by atoms with E-state index >= 15 is 0 Å². The summed E-state index contributed by atoms with van der Waals surface area (Å²) in [6, 6.07) is 7.51. The summed E-state index contributed by atoms with van der Waals surface area (Å²) in [5.41, 5.74) is 1.98. The van der Waals surface area contributed by atoms with E-state index in [0.29, 0.717) is 35.9 Å². The number of cyclic esters (lactones) is 1. The average Bonchev–Trinajstić information content (AvgIpc) is 3.35. The first-order valence-electron chi connectivity index (χ1n) is 10.1. The van der Waals surface area contributed by atoms with E-state index in [1.54, 1.807) is 13.3 Å². The summed E-state index contributed by atoms with van der Waals surface area (Å²) < 4.78 is 7.16. The first kappa shape index (κ1) is 21.0. The van der Waals surface area contributed by atoms with Gasteiger partial charge >= 0.3 is 6.09 Å². The van der Waals surface area contributed by atoms with Crippen LogP contribution in [0.3, 0.4) is 0 Å². The smallest absolute Gasteiger partial charge is 0.417 e. The number of rotatable bonds is 7. The van der Waals surface area contributed by atoms with Gasteiger partial charge in [-0.2, -0.15) is 15.0 Å². The van der Waals surface area contributed by atoms with E-state index in [1.165, 1.54) is 4.90 Å². The number of carbonyl (C=O) groups is 1. The van der Waals surface area contributed by atoms with Crippen molar-refractivity contribution in [2.24, 2.45) is 0 Å². The van der Waals surface area contributed by atoms with Gasteiger partial charge in [0.2, 0.25) is 11.9 Å². The molecule has 0 saturated carbocycles. The molecular weight excluding hydrogens is 418 g/mol. The van der Waals surface area contributed by atoms with Crippen molar-refractivity contribution in [2.75, 3.05) is 16.8 Å². The number of anilines is 2. The number of halogens is 1. The fraction of sp³-hybridized carbons (Fsp3) is 0.381. The molecule has 1 aliphatic heterocycles. The summed E-state index contributed by atoms with van der Waals surface area (Å²) in [4.78, 5) is 31.3. The van der Waals surface area contributed by atoms with Crippen LogP contribution in [0.25, 0.3) is 0 Å². The molecule has 3 aromatic rings. The fourth-order valence-electron chi connectivity index (χ4n) is 3.40. The molecule has 1 aromatic carbocycles. The third-order valence-electron chi connectivity index (χ3n) is 5.10. The van der Waals surface area contributed by atoms with Crippen molar-refractivity contribution in [1.29, 1.82) is 0 Å². The van der Waals surface area contributed by atoms with Crippen molar-refractivity contribution >= 4 is 29.6 Å². The minimum atomic E-state index is -0.433. The van der Waals surface area contributed by atoms with Crippen LogP contribution in [0.5, 0.6) is 0 Å². The fourth-order valence-corrected chi connectivity index (χ4v) is 3.53. The molecule has 10 heteroatoms. The van der Waals surface area contributed by atoms with Gasteiger partial charge in [-0.15, -0.1) is 0 Å². The topological polar surface area (TPSA) is 98.1 Å². The van der Waals surface area contributed by atoms with Gasteiger partial charge in [0.1, 0.15) is 12.4 Å². The zero-order chi connectivity index (χ0) is 22.0. The van der Waals surface area contributed by atoms with Crippen LogP contribution in [0.1, 0.15) is 43.4 Å². The molecule has 1 N–H and O–H groups in total. The minimum Gasteiger partial charge on any atom is -0.447 e. The maximum Gasteiger partial charge on any atom is 0.417 e. The Labute approximate surface area is 185 Å². The number of nitrogens with zero attached hydrogens (tertiary/aromatic N) is 6. The molecule has 9 nitrogen and oxygen atoms in total. The van der Waals surface area contributed by atoms with Gasteiger partial charge in [-0.05, 0) is 38.0 Å². The second kappa shape index (κ2) is 8.89. The number of amides is 1. The summed E-state index contributed by atoms with van der Waals surface area (Å²) in [5, 5.41) is 3.98. The van der Waals surface area contributed by atoms with Gasteiger partial charge in [-0.3, -0.25) is 0 Å². The van der Waals surface area contributed by atoms with Crippen LogP contribution < -0.4 is 10.2 Å². The molecule has 4 rings (SSSR count). The number of aryl methyl sites for hydroxylation is 1. The molecule has 1 amide bonds. The van der Waals surface area contributed by atoms with E-state index in [9.17, 15) is 4.79 Å². The summed E-state index contributed by atoms with van der Waals surface area (Å²) in [7, 11) is 0. The molecule has 1 fully saturated rings. The van der Waals surface area contributed by atoms with Crippen molar-refractivity contribution in [3.63, 3.8) is 0 Å². The molecule has 162 valence electrons. The standard InChI is InChI=1S/C21H24ClN7O2/c1-4-17-11-31-21(30)29(17)20-26-14(3)25-19(27-20)24-13(2)18-10-28(12-23-18)9-15-5-7-16(22)8-6-15/h5-8,10,12-13,17H,4,9,11H2,1-3H3,(H,24,25,26,27)/t13-,17-/m0/s1. The number of nitrogens with one attached hydrogen (secondary N) is 1. The maximum atomic E-state index is 12.1. The predicted octanol–water partition coefficient (Wildman–Crippen LogP) is 3.99. The lowest BCUT2D eigenvalue weighted by molar-refractivity contribution is 0.178. The van der Waals surface area contributed by atoms with E-state index in [4.69, 9.17) is 16.3 Å². The monoisotopic (exact) mass is 441 g/mol. The molecule has 0 unspecified atom stereocenters. The second-order valence-corrected chi connectivity index (χ2v) is 7.92. The number of hydrogen-bond acceptors (Lipinski definition) is 7. The Balaban J connectivity index is 1.48. The van der Waals surface area contributed by atoms with Gasteiger partial charge < -0.3 is 14.6 Å². The number of benzene rings is 1. The lowest BCUT2D eigenvalue weighted by atomic mass is 10.2. The molecule has 0 bridgehead atoms. The zero-order valence-electron chi connectivity index (χ0n) is 17.6. The predicted molar refractivity (Wildman–Crippen MR) is 117 cm³/mol. The van der Waals surface area contributed by atoms with E-state index in [-0.39, 0.29) is 12.1 Å². The van der Waals surface area contributed by atoms with Crippen LogP contribution in [0, 0.1) is 6.92 Å². The van der Waals surface area contributed by atoms with Crippen LogP contribution in [0.2, 0.25) is 5.02 Å². The number of imidazole rings is 1. The molecule has 0 radical (unpaired) electrons. The van der Waals surface area contributed by atoms with Crippen LogP contribution >= 0.6 is 11.6 Å². The summed E-state index contributed by atoms with van der Waals surface area (Å²) in [6.07, 6.45) is 4.09. The number of carbonyl (C=O) groups excluding carboxylic acids is 1. The summed E-state index contributed by atoms with van der Waals surface area (Å²) >= 11 is 5.95. The first-order valence-corrected chi connectivity index (χ1v) is 10.5. The van der Waals surface area contributed by atoms with Crippen molar-refractivity contribution < 1.29 is 9.53 Å². The Hall–Kier alpha value is -3.20. The molecule has 0 aliphatic carbocycles. The molecule has 31 heavy (non-hydrogen) atoms. The second-order valence-electron chi connectivity index (χ2n) is 7.48. The lowest BCUT2D eigenvalue weighted by Crippen LogP contribution is -2.34. The van der Waals surface area contributed by atoms with Crippen LogP contribution in [-0.2, 0) is 11.3 Å². The summed E-state index contributed by atoms with van der Waals surface area (Å²) in [5.74, 6) is 1.20. The van der Waals surface area contributed by atoms with Crippen molar-refractivity contribution in [1.82, 2.24) is 24.5 Å². The van der Waals surface area contributed by atoms with Gasteiger partial charge in [-0.1, -0.05) is 30.7 Å². The SMILES string of the molecule is CC[C@H]1COC(=O)N1c1nc(C)nc(N[C@@H](C)c2cn(Cc3ccc(Cl)cc3)cn2)n1. The molecule has 0 spiro atoms. The van der Waals surface area contributed by atoms with Crippen molar-refractivity contribution in [2.45, 2.75) is 45.8 Å². The highest BCUT2D eigenvalue weighted by molar-refractivity contribution is 6.30. The minimum absolute atomic E-state index is 0.0804. The van der Waals surface area contributed by atoms with E-state index in [2.05, 4.69) is 25.3 Å². The average molecular weight is 442 g/mol. The van der Waals surface area contributed by atoms with Gasteiger partial charge in [0.25, 0.3) is 0 Å². The zero-order valence-corrected chi connectivity index (χ0v) is 18.4. The normalized spacial score (nSPS) is 17.0. The van der Waals surface area contributed by atoms with E-state index in [0.717, 1.165) is 17.7 Å². The number of aromatic nitrogens is 5. The van der Waals surface area contributed by atoms with Gasteiger partial charge in [-0.25, -0.2) is 14.7 Å². The highest BCUT2D eigenvalue weighted by Gasteiger charge is 2.35. The third kappa shape index (κ3) is 4.77. The lowest BCUT2D eigenvalue weighted by Gasteiger charge is -2.19. The molecular formula is C21H24ClN7O2. The molecule has 2 atom stereocenters. The third-order valence-corrected chi connectivity index (χ3v) is 5.36. The van der Waals surface area contributed by atoms with Crippen LogP contribution in [0.4, 0.5) is 16.7 Å². The Kier molecular flexibility index (Phi) is 6.03. The molecule has 2 aromatic heterocycles.